The third kappa shape index (κ3) is 4.58. The second-order valence-corrected chi connectivity index (χ2v) is 10.2. The van der Waals surface area contributed by atoms with Gasteiger partial charge in [-0.2, -0.15) is 13.2 Å². The van der Waals surface area contributed by atoms with Gasteiger partial charge in [0, 0.05) is 49.3 Å². The number of nitrogens with zero attached hydrogens (tertiary/aromatic N) is 3. The molecule has 2 aliphatic rings. The highest BCUT2D eigenvalue weighted by Crippen LogP contribution is 2.40. The van der Waals surface area contributed by atoms with E-state index in [-0.39, 0.29) is 19.0 Å². The number of rotatable bonds is 5. The molecule has 1 unspecified atom stereocenters. The van der Waals surface area contributed by atoms with Crippen LogP contribution in [0.5, 0.6) is 0 Å². The van der Waals surface area contributed by atoms with Gasteiger partial charge in [0.15, 0.2) is 11.2 Å². The molecule has 3 N–H and O–H groups in total. The van der Waals surface area contributed by atoms with Crippen molar-refractivity contribution in [2.75, 3.05) is 13.1 Å². The molecule has 33 heavy (non-hydrogen) atoms. The number of amides is 1. The molecule has 1 amide bonds. The minimum atomic E-state index is -4.71. The number of hydrogen-bond donors (Lipinski definition) is 3. The lowest BCUT2D eigenvalue weighted by Crippen LogP contribution is -2.58. The molecule has 0 bridgehead atoms. The van der Waals surface area contributed by atoms with E-state index in [0.29, 0.717) is 28.3 Å². The van der Waals surface area contributed by atoms with Gasteiger partial charge in [-0.3, -0.25) is 4.79 Å². The van der Waals surface area contributed by atoms with Crippen molar-refractivity contribution >= 4 is 22.8 Å². The van der Waals surface area contributed by atoms with E-state index in [1.807, 2.05) is 20.8 Å². The number of H-pyrrole nitrogens is 1. The molecule has 0 aromatic carbocycles. The molecule has 3 heterocycles. The first-order valence-corrected chi connectivity index (χ1v) is 11.2. The zero-order valence-electron chi connectivity index (χ0n) is 19.1. The number of aromatic amines is 1. The highest BCUT2D eigenvalue weighted by Gasteiger charge is 2.55. The number of likely N-dealkylation sites (tertiary alicyclic amines) is 1. The predicted molar refractivity (Wildman–Crippen MR) is 118 cm³/mol. The van der Waals surface area contributed by atoms with Crippen molar-refractivity contribution in [3.05, 3.63) is 30.2 Å². The van der Waals surface area contributed by atoms with Crippen molar-refractivity contribution in [2.45, 2.75) is 70.2 Å². The fourth-order valence-electron chi connectivity index (χ4n) is 4.17. The van der Waals surface area contributed by atoms with Crippen molar-refractivity contribution in [2.24, 2.45) is 5.41 Å². The van der Waals surface area contributed by atoms with Crippen molar-refractivity contribution in [1.82, 2.24) is 25.2 Å². The Hall–Kier alpha value is -2.62. The molecule has 10 heteroatoms. The van der Waals surface area contributed by atoms with Gasteiger partial charge in [0.2, 0.25) is 5.91 Å². The van der Waals surface area contributed by atoms with Crippen molar-refractivity contribution in [3.63, 3.8) is 0 Å². The summed E-state index contributed by atoms with van der Waals surface area (Å²) in [5, 5.41) is 13.1. The first kappa shape index (κ1) is 23.5. The van der Waals surface area contributed by atoms with Gasteiger partial charge in [0.05, 0.1) is 11.9 Å². The third-order valence-corrected chi connectivity index (χ3v) is 6.58. The summed E-state index contributed by atoms with van der Waals surface area (Å²) in [6.45, 7) is 9.42. The minimum Gasteiger partial charge on any atom is -0.380 e. The Morgan fingerprint density at radius 3 is 2.48 bits per heavy atom. The number of alkyl halides is 3. The van der Waals surface area contributed by atoms with E-state index < -0.39 is 36.1 Å². The fraction of sp³-hybridized carbons (Fsp3) is 0.609. The van der Waals surface area contributed by atoms with Gasteiger partial charge in [-0.15, -0.1) is 0 Å². The largest absolute Gasteiger partial charge is 0.417 e. The van der Waals surface area contributed by atoms with Crippen LogP contribution < -0.4 is 5.32 Å². The monoisotopic (exact) mass is 465 g/mol. The van der Waals surface area contributed by atoms with Gasteiger partial charge in [-0.25, -0.2) is 9.97 Å². The summed E-state index contributed by atoms with van der Waals surface area (Å²) < 4.78 is 39.4. The Balaban J connectivity index is 1.52. The van der Waals surface area contributed by atoms with E-state index in [2.05, 4.69) is 21.9 Å². The maximum atomic E-state index is 13.3. The van der Waals surface area contributed by atoms with E-state index in [0.717, 1.165) is 18.5 Å². The molecule has 2 aromatic heterocycles. The number of nitrogens with one attached hydrogen (secondary N) is 2. The van der Waals surface area contributed by atoms with Crippen LogP contribution in [0.2, 0.25) is 0 Å². The molecule has 2 fully saturated rings. The van der Waals surface area contributed by atoms with E-state index >= 15 is 0 Å². The lowest BCUT2D eigenvalue weighted by atomic mass is 9.84. The van der Waals surface area contributed by atoms with Crippen LogP contribution in [-0.2, 0) is 4.79 Å². The first-order valence-electron chi connectivity index (χ1n) is 11.2. The molecule has 0 radical (unpaired) electrons. The molecule has 4 rings (SSSR count). The highest BCUT2D eigenvalue weighted by atomic mass is 19.4. The summed E-state index contributed by atoms with van der Waals surface area (Å²) in [6, 6.07) is -0.730. The van der Waals surface area contributed by atoms with Gasteiger partial charge in [-0.05, 0) is 18.3 Å². The van der Waals surface area contributed by atoms with Gasteiger partial charge in [-0.1, -0.05) is 27.4 Å². The zero-order valence-corrected chi connectivity index (χ0v) is 19.1. The molecule has 1 aliphatic carbocycles. The molecular weight excluding hydrogens is 435 g/mol. The van der Waals surface area contributed by atoms with Crippen LogP contribution in [0.25, 0.3) is 16.9 Å². The average molecular weight is 466 g/mol. The molecule has 7 nitrogen and oxygen atoms in total. The SMILES string of the molecule is C=C(NC(C(=O)N1CCC(O)(C(F)(F)F)CC1)C(C)(C)C)c1c[nH]c2ncc(C3CC3)nc12. The van der Waals surface area contributed by atoms with Crippen LogP contribution in [-0.4, -0.2) is 61.8 Å². The summed E-state index contributed by atoms with van der Waals surface area (Å²) in [6.07, 6.45) is -0.0857. The molecule has 2 aromatic rings. The molecule has 180 valence electrons. The summed E-state index contributed by atoms with van der Waals surface area (Å²) in [5.41, 5.74) is 0.121. The number of carbonyl (C=O) groups is 1. The van der Waals surface area contributed by atoms with Crippen molar-refractivity contribution < 1.29 is 23.1 Å². The van der Waals surface area contributed by atoms with Gasteiger partial charge in [0.25, 0.3) is 0 Å². The summed E-state index contributed by atoms with van der Waals surface area (Å²) in [4.78, 5) is 27.0. The Labute approximate surface area is 190 Å². The predicted octanol–water partition coefficient (Wildman–Crippen LogP) is 3.73. The van der Waals surface area contributed by atoms with Gasteiger partial charge in [0.1, 0.15) is 11.6 Å². The van der Waals surface area contributed by atoms with Crippen LogP contribution in [0.3, 0.4) is 0 Å². The van der Waals surface area contributed by atoms with Crippen LogP contribution in [0, 0.1) is 5.41 Å². The number of hydrogen-bond acceptors (Lipinski definition) is 5. The smallest absolute Gasteiger partial charge is 0.380 e. The Kier molecular flexibility index (Phi) is 5.71. The van der Waals surface area contributed by atoms with Crippen molar-refractivity contribution in [3.8, 4) is 0 Å². The number of aromatic nitrogens is 3. The molecule has 1 saturated carbocycles. The molecular formula is C23H30F3N5O2. The van der Waals surface area contributed by atoms with Crippen LogP contribution >= 0.6 is 0 Å². The second-order valence-electron chi connectivity index (χ2n) is 10.2. The summed E-state index contributed by atoms with van der Waals surface area (Å²) in [5.74, 6) is 0.113. The molecule has 1 aliphatic heterocycles. The molecule has 1 saturated heterocycles. The summed E-state index contributed by atoms with van der Waals surface area (Å²) in [7, 11) is 0. The Morgan fingerprint density at radius 2 is 1.94 bits per heavy atom. The number of halogens is 3. The Bertz CT molecular complexity index is 1060. The topological polar surface area (TPSA) is 94.1 Å². The second kappa shape index (κ2) is 8.00. The third-order valence-electron chi connectivity index (χ3n) is 6.58. The van der Waals surface area contributed by atoms with Crippen LogP contribution in [0.15, 0.2) is 19.0 Å². The number of piperidine rings is 1. The van der Waals surface area contributed by atoms with Crippen LogP contribution in [0.1, 0.15) is 63.6 Å². The Morgan fingerprint density at radius 1 is 1.30 bits per heavy atom. The average Bonchev–Trinajstić information content (AvgIpc) is 3.49. The zero-order chi connectivity index (χ0) is 24.2. The fourth-order valence-corrected chi connectivity index (χ4v) is 4.17. The highest BCUT2D eigenvalue weighted by molar-refractivity contribution is 5.89. The first-order chi connectivity index (χ1) is 15.3. The molecule has 0 spiro atoms. The quantitative estimate of drug-likeness (QED) is 0.626. The van der Waals surface area contributed by atoms with E-state index in [1.165, 1.54) is 4.90 Å². The standard InChI is InChI=1S/C23H30F3N5O2/c1-13(15-11-27-19-17(15)30-16(12-28-19)14-5-6-14)29-18(21(2,3)4)20(32)31-9-7-22(33,8-10-31)23(24,25)26/h11-12,14,18,29,33H,1,5-10H2,2-4H3,(H,27,28). The maximum Gasteiger partial charge on any atom is 0.417 e. The lowest BCUT2D eigenvalue weighted by Gasteiger charge is -2.42. The van der Waals surface area contributed by atoms with Crippen LogP contribution in [0.4, 0.5) is 13.2 Å². The number of carbonyl (C=O) groups excluding carboxylic acids is 1. The summed E-state index contributed by atoms with van der Waals surface area (Å²) >= 11 is 0. The lowest BCUT2D eigenvalue weighted by molar-refractivity contribution is -0.272. The van der Waals surface area contributed by atoms with Gasteiger partial charge >= 0.3 is 6.18 Å². The minimum absolute atomic E-state index is 0.168. The van der Waals surface area contributed by atoms with E-state index in [4.69, 9.17) is 4.98 Å². The molecule has 1 atom stereocenters. The van der Waals surface area contributed by atoms with E-state index in [9.17, 15) is 23.1 Å². The number of aliphatic hydroxyl groups is 1. The van der Waals surface area contributed by atoms with Crippen molar-refractivity contribution in [1.29, 1.82) is 0 Å². The van der Waals surface area contributed by atoms with Gasteiger partial charge < -0.3 is 20.3 Å². The number of fused-ring (bicyclic) bond motifs is 1. The normalized spacial score (nSPS) is 20.0. The van der Waals surface area contributed by atoms with E-state index in [1.54, 1.807) is 12.4 Å². The maximum absolute atomic E-state index is 13.3.